The second-order valence-corrected chi connectivity index (χ2v) is 5.54. The zero-order chi connectivity index (χ0) is 14.8. The van der Waals surface area contributed by atoms with E-state index in [0.717, 1.165) is 18.5 Å². The lowest BCUT2D eigenvalue weighted by atomic mass is 10.0. The van der Waals surface area contributed by atoms with Gasteiger partial charge in [0.25, 0.3) is 0 Å². The lowest BCUT2D eigenvalue weighted by Gasteiger charge is -2.27. The highest BCUT2D eigenvalue weighted by Crippen LogP contribution is 2.29. The minimum atomic E-state index is -0.119. The Kier molecular flexibility index (Phi) is 9.37. The molecule has 20 heavy (non-hydrogen) atoms. The second kappa shape index (κ2) is 10.5. The van der Waals surface area contributed by atoms with Crippen LogP contribution in [0.2, 0.25) is 0 Å². The van der Waals surface area contributed by atoms with E-state index in [-0.39, 0.29) is 19.0 Å². The summed E-state index contributed by atoms with van der Waals surface area (Å²) in [4.78, 5) is 0. The number of methoxy groups -OCH3 is 1. The van der Waals surface area contributed by atoms with Crippen LogP contribution in [-0.2, 0) is 14.2 Å². The van der Waals surface area contributed by atoms with Crippen molar-refractivity contribution in [3.63, 3.8) is 0 Å². The number of halogens is 1. The molecular formula is C15H24INO3. The second-order valence-electron chi connectivity index (χ2n) is 4.38. The predicted molar refractivity (Wildman–Crippen MR) is 88.6 cm³/mol. The molecule has 1 rings (SSSR count). The topological polar surface area (TPSA) is 39.7 Å². The van der Waals surface area contributed by atoms with Crippen molar-refractivity contribution in [1.29, 1.82) is 0 Å². The fourth-order valence-corrected chi connectivity index (χ4v) is 2.63. The SMILES string of the molecule is CCNCO[C@@H](CC)[C@@H](OCOC)c1ccccc1I. The van der Waals surface area contributed by atoms with Gasteiger partial charge in [0.1, 0.15) is 12.9 Å². The average molecular weight is 393 g/mol. The van der Waals surface area contributed by atoms with Gasteiger partial charge in [0.15, 0.2) is 0 Å². The number of benzene rings is 1. The van der Waals surface area contributed by atoms with Crippen LogP contribution in [0.5, 0.6) is 0 Å². The summed E-state index contributed by atoms with van der Waals surface area (Å²) in [6.45, 7) is 5.85. The van der Waals surface area contributed by atoms with Crippen LogP contribution >= 0.6 is 22.6 Å². The highest BCUT2D eigenvalue weighted by Gasteiger charge is 2.25. The van der Waals surface area contributed by atoms with E-state index >= 15 is 0 Å². The molecular weight excluding hydrogens is 369 g/mol. The van der Waals surface area contributed by atoms with E-state index in [1.807, 2.05) is 12.1 Å². The normalized spacial score (nSPS) is 14.2. The molecule has 0 radical (unpaired) electrons. The maximum Gasteiger partial charge on any atom is 0.147 e. The summed E-state index contributed by atoms with van der Waals surface area (Å²) < 4.78 is 18.0. The Morgan fingerprint density at radius 1 is 1.20 bits per heavy atom. The molecule has 0 bridgehead atoms. The van der Waals surface area contributed by atoms with Crippen molar-refractivity contribution in [2.24, 2.45) is 0 Å². The Balaban J connectivity index is 2.83. The molecule has 0 unspecified atom stereocenters. The van der Waals surface area contributed by atoms with Gasteiger partial charge in [-0.15, -0.1) is 0 Å². The van der Waals surface area contributed by atoms with Gasteiger partial charge in [0.2, 0.25) is 0 Å². The molecule has 0 saturated carbocycles. The molecule has 114 valence electrons. The Bertz CT molecular complexity index is 376. The fourth-order valence-electron chi connectivity index (χ4n) is 1.93. The highest BCUT2D eigenvalue weighted by atomic mass is 127. The van der Waals surface area contributed by atoms with E-state index in [4.69, 9.17) is 14.2 Å². The number of ether oxygens (including phenoxy) is 3. The van der Waals surface area contributed by atoms with Crippen molar-refractivity contribution in [3.05, 3.63) is 33.4 Å². The first-order chi connectivity index (χ1) is 9.74. The lowest BCUT2D eigenvalue weighted by molar-refractivity contribution is -0.134. The fraction of sp³-hybridized carbons (Fsp3) is 0.600. The van der Waals surface area contributed by atoms with Gasteiger partial charge < -0.3 is 14.2 Å². The summed E-state index contributed by atoms with van der Waals surface area (Å²) in [6, 6.07) is 8.22. The number of rotatable bonds is 10. The third-order valence-corrected chi connectivity index (χ3v) is 3.95. The Morgan fingerprint density at radius 2 is 1.95 bits per heavy atom. The van der Waals surface area contributed by atoms with Crippen LogP contribution in [0.4, 0.5) is 0 Å². The van der Waals surface area contributed by atoms with Crippen LogP contribution in [0.1, 0.15) is 31.9 Å². The molecule has 0 amide bonds. The molecule has 0 heterocycles. The van der Waals surface area contributed by atoms with Gasteiger partial charge in [-0.3, -0.25) is 5.32 Å². The maximum atomic E-state index is 5.91. The molecule has 1 N–H and O–H groups in total. The minimum Gasteiger partial charge on any atom is -0.360 e. The van der Waals surface area contributed by atoms with Crippen LogP contribution in [-0.4, -0.2) is 33.3 Å². The smallest absolute Gasteiger partial charge is 0.147 e. The molecule has 4 nitrogen and oxygen atoms in total. The van der Waals surface area contributed by atoms with Crippen LogP contribution in [0.3, 0.4) is 0 Å². The minimum absolute atomic E-state index is 0.000107. The summed E-state index contributed by atoms with van der Waals surface area (Å²) in [5.41, 5.74) is 1.15. The van der Waals surface area contributed by atoms with Gasteiger partial charge in [0.05, 0.1) is 12.8 Å². The Labute approximate surface area is 135 Å². The summed E-state index contributed by atoms with van der Waals surface area (Å²) >= 11 is 2.33. The van der Waals surface area contributed by atoms with Crippen molar-refractivity contribution in [3.8, 4) is 0 Å². The number of nitrogens with one attached hydrogen (secondary N) is 1. The zero-order valence-corrected chi connectivity index (χ0v) is 14.6. The van der Waals surface area contributed by atoms with Crippen LogP contribution in [0, 0.1) is 3.57 Å². The van der Waals surface area contributed by atoms with Gasteiger partial charge >= 0.3 is 0 Å². The summed E-state index contributed by atoms with van der Waals surface area (Å²) in [5, 5.41) is 3.18. The Morgan fingerprint density at radius 3 is 2.55 bits per heavy atom. The van der Waals surface area contributed by atoms with Crippen LogP contribution in [0.15, 0.2) is 24.3 Å². The van der Waals surface area contributed by atoms with E-state index in [1.54, 1.807) is 7.11 Å². The molecule has 0 aliphatic rings. The standard InChI is InChI=1S/C15H24INO3/c1-4-14(19-10-17-5-2)15(20-11-18-3)12-8-6-7-9-13(12)16/h6-9,14-15,17H,4-5,10-11H2,1-3H3/t14-,15-/m0/s1. The quantitative estimate of drug-likeness (QED) is 0.376. The first-order valence-electron chi connectivity index (χ1n) is 6.91. The first kappa shape index (κ1) is 17.8. The molecule has 0 spiro atoms. The van der Waals surface area contributed by atoms with Gasteiger partial charge in [-0.2, -0.15) is 0 Å². The summed E-state index contributed by atoms with van der Waals surface area (Å²) in [7, 11) is 1.63. The lowest BCUT2D eigenvalue weighted by Crippen LogP contribution is -2.30. The van der Waals surface area contributed by atoms with Crippen molar-refractivity contribution < 1.29 is 14.2 Å². The molecule has 5 heteroatoms. The maximum absolute atomic E-state index is 5.91. The summed E-state index contributed by atoms with van der Waals surface area (Å²) in [6.07, 6.45) is 0.761. The monoisotopic (exact) mass is 393 g/mol. The van der Waals surface area contributed by atoms with Gasteiger partial charge in [-0.25, -0.2) is 0 Å². The predicted octanol–water partition coefficient (Wildman–Crippen LogP) is 3.32. The molecule has 2 atom stereocenters. The van der Waals surface area contributed by atoms with Crippen LogP contribution < -0.4 is 5.32 Å². The van der Waals surface area contributed by atoms with E-state index in [1.165, 1.54) is 3.57 Å². The zero-order valence-electron chi connectivity index (χ0n) is 12.4. The number of hydrogen-bond acceptors (Lipinski definition) is 4. The van der Waals surface area contributed by atoms with E-state index in [0.29, 0.717) is 6.73 Å². The van der Waals surface area contributed by atoms with Crippen molar-refractivity contribution >= 4 is 22.6 Å². The van der Waals surface area contributed by atoms with E-state index < -0.39 is 0 Å². The molecule has 0 aliphatic carbocycles. The Hall–Kier alpha value is -0.210. The molecule has 0 aromatic heterocycles. The first-order valence-corrected chi connectivity index (χ1v) is 7.99. The van der Waals surface area contributed by atoms with Crippen molar-refractivity contribution in [2.45, 2.75) is 32.5 Å². The third kappa shape index (κ3) is 5.65. The largest absolute Gasteiger partial charge is 0.360 e. The van der Waals surface area contributed by atoms with Gasteiger partial charge in [-0.1, -0.05) is 32.0 Å². The molecule has 0 fully saturated rings. The van der Waals surface area contributed by atoms with Crippen LogP contribution in [0.25, 0.3) is 0 Å². The molecule has 0 saturated heterocycles. The van der Waals surface area contributed by atoms with Gasteiger partial charge in [0, 0.05) is 10.7 Å². The molecule has 1 aromatic carbocycles. The molecule has 0 aliphatic heterocycles. The van der Waals surface area contributed by atoms with Gasteiger partial charge in [-0.05, 0) is 47.2 Å². The summed E-state index contributed by atoms with van der Waals surface area (Å²) in [5.74, 6) is 0. The third-order valence-electron chi connectivity index (χ3n) is 2.97. The van der Waals surface area contributed by atoms with E-state index in [2.05, 4.69) is 53.9 Å². The van der Waals surface area contributed by atoms with E-state index in [9.17, 15) is 0 Å². The van der Waals surface area contributed by atoms with Crippen molar-refractivity contribution in [1.82, 2.24) is 5.32 Å². The molecule has 1 aromatic rings. The number of hydrogen-bond donors (Lipinski definition) is 1. The average Bonchev–Trinajstić information content (AvgIpc) is 2.47. The highest BCUT2D eigenvalue weighted by molar-refractivity contribution is 14.1. The van der Waals surface area contributed by atoms with Crippen molar-refractivity contribution in [2.75, 3.05) is 27.2 Å².